The molecule has 0 saturated carbocycles. The number of thiophene rings is 1. The van der Waals surface area contributed by atoms with E-state index >= 15 is 0 Å². The lowest BCUT2D eigenvalue weighted by Gasteiger charge is -2.33. The quantitative estimate of drug-likeness (QED) is 0.767. The van der Waals surface area contributed by atoms with Crippen LogP contribution in [0.3, 0.4) is 0 Å². The number of piperazine rings is 1. The van der Waals surface area contributed by atoms with Crippen molar-refractivity contribution in [3.63, 3.8) is 0 Å². The molecule has 0 N–H and O–H groups in total. The third kappa shape index (κ3) is 4.29. The average Bonchev–Trinajstić information content (AvgIpc) is 2.76. The largest absolute Gasteiger partial charge is 0.300 e. The van der Waals surface area contributed by atoms with Crippen LogP contribution in [0.5, 0.6) is 0 Å². The zero-order valence-corrected chi connectivity index (χ0v) is 15.5. The Morgan fingerprint density at radius 2 is 1.68 bits per heavy atom. The van der Waals surface area contributed by atoms with Gasteiger partial charge in [0.05, 0.1) is 10.6 Å². The van der Waals surface area contributed by atoms with Crippen molar-refractivity contribution in [1.82, 2.24) is 9.21 Å². The van der Waals surface area contributed by atoms with Crippen molar-refractivity contribution in [3.8, 4) is 0 Å². The lowest BCUT2D eigenvalue weighted by atomic mass is 10.4. The van der Waals surface area contributed by atoms with E-state index in [4.69, 9.17) is 0 Å². The normalized spacial score (nSPS) is 18.7. The first-order valence-corrected chi connectivity index (χ1v) is 11.4. The minimum absolute atomic E-state index is 0.114. The van der Waals surface area contributed by atoms with E-state index in [2.05, 4.69) is 0 Å². The summed E-state index contributed by atoms with van der Waals surface area (Å²) in [5.74, 6) is 0.114. The van der Waals surface area contributed by atoms with Gasteiger partial charge in [0.1, 0.15) is 9.84 Å². The molecule has 1 aromatic rings. The summed E-state index contributed by atoms with van der Waals surface area (Å²) in [5, 5.41) is 0. The molecule has 9 heteroatoms. The van der Waals surface area contributed by atoms with Crippen LogP contribution >= 0.6 is 11.3 Å². The summed E-state index contributed by atoms with van der Waals surface area (Å²) in [4.78, 5) is 4.21. The second-order valence-corrected chi connectivity index (χ2v) is 11.3. The molecule has 6 nitrogen and oxygen atoms in total. The van der Waals surface area contributed by atoms with E-state index < -0.39 is 19.9 Å². The second-order valence-electron chi connectivity index (χ2n) is 5.65. The van der Waals surface area contributed by atoms with Crippen LogP contribution in [-0.4, -0.2) is 70.8 Å². The number of rotatable bonds is 5. The molecule has 1 aliphatic rings. The number of sulfone groups is 1. The molecule has 0 amide bonds. The standard InChI is InChI=1S/C13H22N2O4S3/c1-11-10-13(12(2)20-11)22(18,19)15-6-4-14(5-7-15)8-9-21(3,16)17/h10H,4-9H2,1-3H3. The monoisotopic (exact) mass is 366 g/mol. The van der Waals surface area contributed by atoms with E-state index in [0.717, 1.165) is 9.75 Å². The van der Waals surface area contributed by atoms with Crippen LogP contribution in [-0.2, 0) is 19.9 Å². The van der Waals surface area contributed by atoms with Gasteiger partial charge in [-0.05, 0) is 19.9 Å². The van der Waals surface area contributed by atoms with Crippen molar-refractivity contribution in [2.45, 2.75) is 18.7 Å². The van der Waals surface area contributed by atoms with Gasteiger partial charge in [-0.25, -0.2) is 16.8 Å². The minimum atomic E-state index is -3.44. The van der Waals surface area contributed by atoms with Gasteiger partial charge in [-0.15, -0.1) is 11.3 Å². The molecule has 126 valence electrons. The molecule has 0 aromatic carbocycles. The molecular weight excluding hydrogens is 344 g/mol. The molecule has 2 rings (SSSR count). The van der Waals surface area contributed by atoms with Gasteiger partial charge in [0.25, 0.3) is 0 Å². The number of aryl methyl sites for hydroxylation is 2. The van der Waals surface area contributed by atoms with E-state index in [1.165, 1.54) is 21.9 Å². The summed E-state index contributed by atoms with van der Waals surface area (Å²) in [6, 6.07) is 1.73. The number of hydrogen-bond acceptors (Lipinski definition) is 6. The summed E-state index contributed by atoms with van der Waals surface area (Å²) in [5.41, 5.74) is 0. The predicted octanol–water partition coefficient (Wildman–Crippen LogP) is 0.716. The van der Waals surface area contributed by atoms with Crippen LogP contribution < -0.4 is 0 Å². The highest BCUT2D eigenvalue weighted by Crippen LogP contribution is 2.28. The topological polar surface area (TPSA) is 74.8 Å². The van der Waals surface area contributed by atoms with Crippen LogP contribution in [0, 0.1) is 13.8 Å². The fourth-order valence-corrected chi connectivity index (χ4v) is 6.03. The lowest BCUT2D eigenvalue weighted by Crippen LogP contribution is -2.49. The Balaban J connectivity index is 2.00. The zero-order chi connectivity index (χ0) is 16.5. The minimum Gasteiger partial charge on any atom is -0.300 e. The van der Waals surface area contributed by atoms with E-state index in [0.29, 0.717) is 37.6 Å². The van der Waals surface area contributed by atoms with Crippen molar-refractivity contribution < 1.29 is 16.8 Å². The highest BCUT2D eigenvalue weighted by Gasteiger charge is 2.30. The number of nitrogens with zero attached hydrogens (tertiary/aromatic N) is 2. The molecule has 1 aliphatic heterocycles. The van der Waals surface area contributed by atoms with E-state index in [1.807, 2.05) is 18.7 Å². The van der Waals surface area contributed by atoms with Gasteiger partial charge in [-0.2, -0.15) is 4.31 Å². The average molecular weight is 367 g/mol. The van der Waals surface area contributed by atoms with Gasteiger partial charge in [0, 0.05) is 48.7 Å². The maximum absolute atomic E-state index is 12.7. The smallest absolute Gasteiger partial charge is 0.244 e. The zero-order valence-electron chi connectivity index (χ0n) is 13.1. The van der Waals surface area contributed by atoms with Crippen LogP contribution in [0.2, 0.25) is 0 Å². The van der Waals surface area contributed by atoms with Crippen molar-refractivity contribution in [2.24, 2.45) is 0 Å². The molecule has 0 unspecified atom stereocenters. The SMILES string of the molecule is Cc1cc(S(=O)(=O)N2CCN(CCS(C)(=O)=O)CC2)c(C)s1. The Labute approximate surface area is 136 Å². The molecule has 0 spiro atoms. The Morgan fingerprint density at radius 1 is 1.09 bits per heavy atom. The summed E-state index contributed by atoms with van der Waals surface area (Å²) >= 11 is 1.49. The Morgan fingerprint density at radius 3 is 2.14 bits per heavy atom. The van der Waals surface area contributed by atoms with Gasteiger partial charge in [-0.3, -0.25) is 4.90 Å². The Kier molecular flexibility index (Phi) is 5.33. The van der Waals surface area contributed by atoms with Crippen LogP contribution in [0.15, 0.2) is 11.0 Å². The summed E-state index contributed by atoms with van der Waals surface area (Å²) in [6.07, 6.45) is 1.22. The number of hydrogen-bond donors (Lipinski definition) is 0. The fraction of sp³-hybridized carbons (Fsp3) is 0.692. The third-order valence-electron chi connectivity index (χ3n) is 3.72. The van der Waals surface area contributed by atoms with Crippen LogP contribution in [0.4, 0.5) is 0 Å². The van der Waals surface area contributed by atoms with Crippen LogP contribution in [0.25, 0.3) is 0 Å². The molecule has 22 heavy (non-hydrogen) atoms. The first-order chi connectivity index (χ1) is 10.1. The molecule has 0 aliphatic carbocycles. The molecule has 0 radical (unpaired) electrons. The molecule has 0 bridgehead atoms. The molecular formula is C13H22N2O4S3. The number of sulfonamides is 1. The van der Waals surface area contributed by atoms with Gasteiger partial charge in [0.2, 0.25) is 10.0 Å². The summed E-state index contributed by atoms with van der Waals surface area (Å²) in [6.45, 7) is 6.13. The molecule has 1 saturated heterocycles. The van der Waals surface area contributed by atoms with Crippen LogP contribution in [0.1, 0.15) is 9.75 Å². The van der Waals surface area contributed by atoms with E-state index in [9.17, 15) is 16.8 Å². The molecule has 1 fully saturated rings. The van der Waals surface area contributed by atoms with Gasteiger partial charge >= 0.3 is 0 Å². The third-order valence-corrected chi connectivity index (χ3v) is 7.77. The van der Waals surface area contributed by atoms with Gasteiger partial charge in [-0.1, -0.05) is 0 Å². The van der Waals surface area contributed by atoms with Gasteiger partial charge < -0.3 is 0 Å². The molecule has 0 atom stereocenters. The van der Waals surface area contributed by atoms with Crippen molar-refractivity contribution in [2.75, 3.05) is 44.7 Å². The maximum Gasteiger partial charge on any atom is 0.244 e. The predicted molar refractivity (Wildman–Crippen MR) is 88.7 cm³/mol. The van der Waals surface area contributed by atoms with E-state index in [1.54, 1.807) is 6.07 Å². The fourth-order valence-electron chi connectivity index (χ4n) is 2.49. The van der Waals surface area contributed by atoms with Crippen molar-refractivity contribution in [1.29, 1.82) is 0 Å². The molecule has 1 aromatic heterocycles. The molecule has 2 heterocycles. The highest BCUT2D eigenvalue weighted by molar-refractivity contribution is 7.90. The first-order valence-electron chi connectivity index (χ1n) is 7.07. The maximum atomic E-state index is 12.7. The summed E-state index contributed by atoms with van der Waals surface area (Å²) in [7, 11) is -6.42. The van der Waals surface area contributed by atoms with Crippen molar-refractivity contribution >= 4 is 31.2 Å². The highest BCUT2D eigenvalue weighted by atomic mass is 32.2. The Bertz CT molecular complexity index is 729. The van der Waals surface area contributed by atoms with Gasteiger partial charge in [0.15, 0.2) is 0 Å². The van der Waals surface area contributed by atoms with E-state index in [-0.39, 0.29) is 5.75 Å². The van der Waals surface area contributed by atoms with Crippen molar-refractivity contribution in [3.05, 3.63) is 15.8 Å². The Hall–Kier alpha value is -0.480. The second kappa shape index (κ2) is 6.56. The lowest BCUT2D eigenvalue weighted by molar-refractivity contribution is 0.197. The first kappa shape index (κ1) is 17.9. The summed E-state index contributed by atoms with van der Waals surface area (Å²) < 4.78 is 49.2.